The molecule has 1 unspecified atom stereocenters. The van der Waals surface area contributed by atoms with E-state index in [0.717, 1.165) is 46.1 Å². The zero-order valence-electron chi connectivity index (χ0n) is 13.9. The van der Waals surface area contributed by atoms with Crippen molar-refractivity contribution in [2.45, 2.75) is 32.1 Å². The Hall–Kier alpha value is -1.89. The maximum atomic E-state index is 12.9. The van der Waals surface area contributed by atoms with Crippen LogP contribution in [0.5, 0.6) is 5.75 Å². The van der Waals surface area contributed by atoms with E-state index in [1.807, 2.05) is 35.2 Å². The Bertz CT molecular complexity index is 767. The molecule has 6 heteroatoms. The topological polar surface area (TPSA) is 59.0 Å². The molecule has 0 bridgehead atoms. The van der Waals surface area contributed by atoms with Crippen molar-refractivity contribution in [2.24, 2.45) is 0 Å². The lowest BCUT2D eigenvalue weighted by atomic mass is 10.1. The third-order valence-corrected chi connectivity index (χ3v) is 5.82. The normalized spacial score (nSPS) is 20.0. The van der Waals surface area contributed by atoms with Crippen LogP contribution in [-0.4, -0.2) is 35.7 Å². The van der Waals surface area contributed by atoms with Gasteiger partial charge in [0.2, 0.25) is 0 Å². The van der Waals surface area contributed by atoms with Crippen LogP contribution in [-0.2, 0) is 17.9 Å². The van der Waals surface area contributed by atoms with Crippen LogP contribution in [0.1, 0.15) is 44.6 Å². The average Bonchev–Trinajstić information content (AvgIpc) is 3.28. The van der Waals surface area contributed by atoms with Crippen LogP contribution < -0.4 is 4.74 Å². The Balaban J connectivity index is 1.53. The Labute approximate surface area is 150 Å². The third kappa shape index (κ3) is 3.42. The number of nitrogens with zero attached hydrogens (tertiary/aromatic N) is 1. The van der Waals surface area contributed by atoms with E-state index in [4.69, 9.17) is 9.47 Å². The van der Waals surface area contributed by atoms with E-state index in [1.54, 1.807) is 0 Å². The third-order valence-electron chi connectivity index (χ3n) is 4.66. The van der Waals surface area contributed by atoms with Gasteiger partial charge < -0.3 is 19.5 Å². The smallest absolute Gasteiger partial charge is 0.264 e. The van der Waals surface area contributed by atoms with E-state index in [9.17, 15) is 9.90 Å². The number of aliphatic hydroxyl groups is 1. The Morgan fingerprint density at radius 1 is 1.28 bits per heavy atom. The number of carbonyl (C=O) groups excluding carboxylic acids is 1. The summed E-state index contributed by atoms with van der Waals surface area (Å²) in [6, 6.07) is 9.55. The number of hydrogen-bond acceptors (Lipinski definition) is 5. The van der Waals surface area contributed by atoms with Crippen LogP contribution in [0.2, 0.25) is 0 Å². The summed E-state index contributed by atoms with van der Waals surface area (Å²) in [6.07, 6.45) is 2.26. The summed E-state index contributed by atoms with van der Waals surface area (Å²) < 4.78 is 11.5. The van der Waals surface area contributed by atoms with Gasteiger partial charge in [-0.1, -0.05) is 6.07 Å². The van der Waals surface area contributed by atoms with Gasteiger partial charge in [-0.3, -0.25) is 4.79 Å². The Kier molecular flexibility index (Phi) is 4.74. The summed E-state index contributed by atoms with van der Waals surface area (Å²) in [5.74, 6) is 0.818. The number of thiophene rings is 1. The van der Waals surface area contributed by atoms with Crippen LogP contribution in [0.25, 0.3) is 0 Å². The van der Waals surface area contributed by atoms with E-state index in [2.05, 4.69) is 0 Å². The molecule has 1 amide bonds. The molecular formula is C19H21NO4S. The van der Waals surface area contributed by atoms with Gasteiger partial charge in [-0.2, -0.15) is 0 Å². The first-order valence-corrected chi connectivity index (χ1v) is 9.42. The molecule has 132 valence electrons. The maximum absolute atomic E-state index is 12.9. The lowest BCUT2D eigenvalue weighted by molar-refractivity contribution is 0.0738. The van der Waals surface area contributed by atoms with Gasteiger partial charge in [0, 0.05) is 23.6 Å². The fourth-order valence-corrected chi connectivity index (χ4v) is 4.38. The Morgan fingerprint density at radius 3 is 3.00 bits per heavy atom. The van der Waals surface area contributed by atoms with Crippen LogP contribution in [0.3, 0.4) is 0 Å². The van der Waals surface area contributed by atoms with Crippen LogP contribution in [0.15, 0.2) is 30.3 Å². The molecule has 1 atom stereocenters. The lowest BCUT2D eigenvalue weighted by Gasteiger charge is -2.19. The van der Waals surface area contributed by atoms with E-state index >= 15 is 0 Å². The molecule has 0 radical (unpaired) electrons. The van der Waals surface area contributed by atoms with Crippen molar-refractivity contribution in [1.82, 2.24) is 4.90 Å². The second-order valence-corrected chi connectivity index (χ2v) is 7.49. The number of rotatable bonds is 3. The summed E-state index contributed by atoms with van der Waals surface area (Å²) in [5.41, 5.74) is 1.77. The zero-order chi connectivity index (χ0) is 17.2. The summed E-state index contributed by atoms with van der Waals surface area (Å²) in [5, 5.41) is 9.34. The molecule has 4 rings (SSSR count). The molecule has 1 saturated heterocycles. The summed E-state index contributed by atoms with van der Waals surface area (Å²) in [6.45, 7) is 2.31. The Morgan fingerprint density at radius 2 is 2.20 bits per heavy atom. The molecule has 1 aromatic heterocycles. The number of carbonyl (C=O) groups is 1. The number of hydrogen-bond donors (Lipinski definition) is 1. The molecule has 2 aliphatic rings. The summed E-state index contributed by atoms with van der Waals surface area (Å²) >= 11 is 1.53. The first-order valence-electron chi connectivity index (χ1n) is 8.60. The number of fused-ring (bicyclic) bond motifs is 1. The van der Waals surface area contributed by atoms with Gasteiger partial charge in [0.1, 0.15) is 12.4 Å². The number of benzene rings is 1. The SMILES string of the molecule is O=C(c1ccc(C2CCCO2)s1)N1CCOc2ccc(CO)cc2C1. The molecule has 2 aliphatic heterocycles. The van der Waals surface area contributed by atoms with Crippen LogP contribution >= 0.6 is 11.3 Å². The molecule has 0 spiro atoms. The van der Waals surface area contributed by atoms with E-state index in [1.165, 1.54) is 11.3 Å². The molecule has 25 heavy (non-hydrogen) atoms. The average molecular weight is 359 g/mol. The van der Waals surface area contributed by atoms with Gasteiger partial charge in [0.05, 0.1) is 24.1 Å². The minimum Gasteiger partial charge on any atom is -0.491 e. The molecule has 1 aromatic carbocycles. The van der Waals surface area contributed by atoms with Crippen molar-refractivity contribution < 1.29 is 19.4 Å². The van der Waals surface area contributed by atoms with Crippen molar-refractivity contribution in [1.29, 1.82) is 0 Å². The highest BCUT2D eigenvalue weighted by Crippen LogP contribution is 2.34. The lowest BCUT2D eigenvalue weighted by Crippen LogP contribution is -2.31. The highest BCUT2D eigenvalue weighted by Gasteiger charge is 2.25. The van der Waals surface area contributed by atoms with Gasteiger partial charge in [-0.25, -0.2) is 0 Å². The monoisotopic (exact) mass is 359 g/mol. The maximum Gasteiger partial charge on any atom is 0.264 e. The highest BCUT2D eigenvalue weighted by atomic mass is 32.1. The van der Waals surface area contributed by atoms with Gasteiger partial charge >= 0.3 is 0 Å². The molecular weight excluding hydrogens is 338 g/mol. The van der Waals surface area contributed by atoms with Crippen molar-refractivity contribution in [3.63, 3.8) is 0 Å². The first kappa shape index (κ1) is 16.6. The fraction of sp³-hybridized carbons (Fsp3) is 0.421. The van der Waals surface area contributed by atoms with Crippen LogP contribution in [0.4, 0.5) is 0 Å². The van der Waals surface area contributed by atoms with E-state index in [-0.39, 0.29) is 18.6 Å². The summed E-state index contributed by atoms with van der Waals surface area (Å²) in [4.78, 5) is 16.6. The predicted molar refractivity (Wildman–Crippen MR) is 94.8 cm³/mol. The molecule has 5 nitrogen and oxygen atoms in total. The van der Waals surface area contributed by atoms with Crippen molar-refractivity contribution in [3.8, 4) is 5.75 Å². The minimum absolute atomic E-state index is 0.0170. The first-order chi connectivity index (χ1) is 12.2. The molecule has 3 heterocycles. The molecule has 0 saturated carbocycles. The number of amides is 1. The van der Waals surface area contributed by atoms with Crippen LogP contribution in [0, 0.1) is 0 Å². The quantitative estimate of drug-likeness (QED) is 0.915. The largest absolute Gasteiger partial charge is 0.491 e. The summed E-state index contributed by atoms with van der Waals surface area (Å²) in [7, 11) is 0. The van der Waals surface area contributed by atoms with E-state index < -0.39 is 0 Å². The number of ether oxygens (including phenoxy) is 2. The molecule has 0 aliphatic carbocycles. The second kappa shape index (κ2) is 7.15. The van der Waals surface area contributed by atoms with E-state index in [0.29, 0.717) is 19.7 Å². The van der Waals surface area contributed by atoms with Gasteiger partial charge in [-0.15, -0.1) is 11.3 Å². The van der Waals surface area contributed by atoms with Crippen molar-refractivity contribution in [2.75, 3.05) is 19.8 Å². The molecule has 2 aromatic rings. The van der Waals surface area contributed by atoms with Crippen molar-refractivity contribution >= 4 is 17.2 Å². The molecule has 1 fully saturated rings. The molecule has 1 N–H and O–H groups in total. The standard InChI is InChI=1S/C19H21NO4S/c21-12-13-3-4-15-14(10-13)11-20(7-9-24-15)19(22)18-6-5-17(25-18)16-2-1-8-23-16/h3-6,10,16,21H,1-2,7-9,11-12H2. The van der Waals surface area contributed by atoms with Crippen molar-refractivity contribution in [3.05, 3.63) is 51.2 Å². The highest BCUT2D eigenvalue weighted by molar-refractivity contribution is 7.14. The fourth-order valence-electron chi connectivity index (χ4n) is 3.32. The second-order valence-electron chi connectivity index (χ2n) is 6.38. The minimum atomic E-state index is -0.0170. The zero-order valence-corrected chi connectivity index (χ0v) is 14.8. The predicted octanol–water partition coefficient (Wildman–Crippen LogP) is 3.13. The van der Waals surface area contributed by atoms with Gasteiger partial charge in [-0.05, 0) is 42.7 Å². The van der Waals surface area contributed by atoms with Gasteiger partial charge in [0.25, 0.3) is 5.91 Å². The number of aliphatic hydroxyl groups excluding tert-OH is 1. The van der Waals surface area contributed by atoms with Gasteiger partial charge in [0.15, 0.2) is 0 Å².